The van der Waals surface area contributed by atoms with Crippen LogP contribution in [-0.4, -0.2) is 22.6 Å². The summed E-state index contributed by atoms with van der Waals surface area (Å²) in [5.74, 6) is 0.281. The number of carbonyl (C=O) groups is 1. The lowest BCUT2D eigenvalue weighted by Gasteiger charge is -2.24. The van der Waals surface area contributed by atoms with Crippen molar-refractivity contribution in [2.45, 2.75) is 25.6 Å². The van der Waals surface area contributed by atoms with Crippen molar-refractivity contribution in [1.82, 2.24) is 4.57 Å². The molecule has 1 aliphatic heterocycles. The molecule has 34 heavy (non-hydrogen) atoms. The average molecular weight is 447 g/mol. The third-order valence-corrected chi connectivity index (χ3v) is 6.19. The van der Waals surface area contributed by atoms with Crippen molar-refractivity contribution in [3.63, 3.8) is 0 Å². The number of para-hydroxylation sites is 4. The van der Waals surface area contributed by atoms with Gasteiger partial charge in [0.15, 0.2) is 0 Å². The fourth-order valence-electron chi connectivity index (χ4n) is 4.47. The van der Waals surface area contributed by atoms with Crippen molar-refractivity contribution >= 4 is 22.5 Å². The van der Waals surface area contributed by atoms with E-state index >= 15 is 0 Å². The average Bonchev–Trinajstić information content (AvgIpc) is 3.15. The molecule has 1 aliphatic rings. The molecule has 0 radical (unpaired) electrons. The van der Waals surface area contributed by atoms with Crippen LogP contribution in [0.2, 0.25) is 0 Å². The zero-order valence-corrected chi connectivity index (χ0v) is 18.5. The monoisotopic (exact) mass is 447 g/mol. The summed E-state index contributed by atoms with van der Waals surface area (Å²) < 4.78 is 7.75. The topological polar surface area (TPSA) is 108 Å². The van der Waals surface area contributed by atoms with Gasteiger partial charge in [0.05, 0.1) is 29.0 Å². The Balaban J connectivity index is 1.74. The molecule has 5 rings (SSSR count). The van der Waals surface area contributed by atoms with E-state index in [9.17, 15) is 15.3 Å². The fraction of sp³-hybridized carbons (Fsp3) is 0.148. The van der Waals surface area contributed by atoms with Gasteiger partial charge in [0.1, 0.15) is 35.7 Å². The Morgan fingerprint density at radius 3 is 2.38 bits per heavy atom. The quantitative estimate of drug-likeness (QED) is 0.510. The van der Waals surface area contributed by atoms with E-state index in [0.717, 1.165) is 10.9 Å². The summed E-state index contributed by atoms with van der Waals surface area (Å²) in [5.41, 5.74) is 9.72. The lowest BCUT2D eigenvalue weighted by atomic mass is 10.1. The Labute approximate surface area is 196 Å². The molecule has 0 spiro atoms. The van der Waals surface area contributed by atoms with Gasteiger partial charge < -0.3 is 15.4 Å². The first-order valence-electron chi connectivity index (χ1n) is 10.9. The van der Waals surface area contributed by atoms with Crippen molar-refractivity contribution < 1.29 is 9.53 Å². The van der Waals surface area contributed by atoms with Gasteiger partial charge in [-0.2, -0.15) is 10.5 Å². The summed E-state index contributed by atoms with van der Waals surface area (Å²) in [6.45, 7) is 1.90. The van der Waals surface area contributed by atoms with Crippen molar-refractivity contribution in [2.24, 2.45) is 5.73 Å². The van der Waals surface area contributed by atoms with Gasteiger partial charge in [-0.15, -0.1) is 0 Å². The number of rotatable bonds is 3. The summed E-state index contributed by atoms with van der Waals surface area (Å²) in [4.78, 5) is 15.0. The van der Waals surface area contributed by atoms with Gasteiger partial charge in [0.25, 0.3) is 0 Å². The van der Waals surface area contributed by atoms with Crippen LogP contribution < -0.4 is 15.4 Å². The Hall–Kier alpha value is -4.59. The minimum Gasteiger partial charge on any atom is -0.486 e. The van der Waals surface area contributed by atoms with Crippen LogP contribution >= 0.6 is 0 Å². The van der Waals surface area contributed by atoms with Crippen LogP contribution in [-0.2, 0) is 11.3 Å². The molecular weight excluding hydrogens is 426 g/mol. The number of carbonyl (C=O) groups excluding carboxylic acids is 1. The second kappa shape index (κ2) is 8.40. The molecule has 1 amide bonds. The molecule has 0 unspecified atom stereocenters. The molecule has 2 N–H and O–H groups in total. The Morgan fingerprint density at radius 1 is 0.941 bits per heavy atom. The number of nitrogens with zero attached hydrogens (tertiary/aromatic N) is 4. The molecule has 4 aromatic rings. The lowest BCUT2D eigenvalue weighted by Crippen LogP contribution is -2.49. The maximum absolute atomic E-state index is 13.4. The van der Waals surface area contributed by atoms with Gasteiger partial charge in [0.2, 0.25) is 5.91 Å². The third kappa shape index (κ3) is 3.27. The molecule has 0 bridgehead atoms. The highest BCUT2D eigenvalue weighted by Crippen LogP contribution is 2.37. The molecule has 7 nitrogen and oxygen atoms in total. The summed E-state index contributed by atoms with van der Waals surface area (Å²) >= 11 is 0. The normalized spacial score (nSPS) is 17.4. The van der Waals surface area contributed by atoms with E-state index in [1.165, 1.54) is 0 Å². The first kappa shape index (κ1) is 21.3. The number of hydrogen-bond acceptors (Lipinski definition) is 5. The van der Waals surface area contributed by atoms with Gasteiger partial charge in [-0.25, -0.2) is 0 Å². The first-order chi connectivity index (χ1) is 16.5. The van der Waals surface area contributed by atoms with E-state index < -0.39 is 12.1 Å². The first-order valence-corrected chi connectivity index (χ1v) is 10.9. The van der Waals surface area contributed by atoms with E-state index in [2.05, 4.69) is 12.1 Å². The standard InChI is InChI=1S/C27H21N5O2/c1-17-26(30)27(33)31(23-12-6-7-13-25(23)34-17)16-20-19-9-3-5-11-22(19)32(24(20)15-29)21-10-4-2-8-18(21)14-28/h2-13,17,26H,16,30H2,1H3/t17-,26-/m0/s1. The highest BCUT2D eigenvalue weighted by molar-refractivity contribution is 6.00. The molecule has 1 aromatic heterocycles. The summed E-state index contributed by atoms with van der Waals surface area (Å²) in [5, 5.41) is 20.8. The highest BCUT2D eigenvalue weighted by atomic mass is 16.5. The van der Waals surface area contributed by atoms with Crippen LogP contribution in [0.15, 0.2) is 72.8 Å². The number of hydrogen-bond donors (Lipinski definition) is 1. The zero-order valence-electron chi connectivity index (χ0n) is 18.5. The van der Waals surface area contributed by atoms with Gasteiger partial charge in [0, 0.05) is 10.9 Å². The molecule has 2 heterocycles. The van der Waals surface area contributed by atoms with Crippen molar-refractivity contribution in [1.29, 1.82) is 10.5 Å². The van der Waals surface area contributed by atoms with Crippen LogP contribution in [0.1, 0.15) is 23.7 Å². The number of anilines is 1. The van der Waals surface area contributed by atoms with E-state index in [4.69, 9.17) is 10.5 Å². The van der Waals surface area contributed by atoms with Crippen molar-refractivity contribution in [3.05, 3.63) is 89.6 Å². The molecule has 0 saturated heterocycles. The number of aromatic nitrogens is 1. The number of amides is 1. The number of fused-ring (bicyclic) bond motifs is 2. The molecule has 2 atom stereocenters. The molecular formula is C27H21N5O2. The number of nitrogens with two attached hydrogens (primary N) is 1. The molecule has 0 saturated carbocycles. The predicted molar refractivity (Wildman–Crippen MR) is 128 cm³/mol. The zero-order chi connectivity index (χ0) is 23.8. The second-order valence-electron chi connectivity index (χ2n) is 8.16. The SMILES string of the molecule is C[C@@H]1Oc2ccccc2N(Cc2c(C#N)n(-c3ccccc3C#N)c3ccccc23)C(=O)[C@H]1N. The van der Waals surface area contributed by atoms with Crippen LogP contribution in [0.3, 0.4) is 0 Å². The smallest absolute Gasteiger partial charge is 0.248 e. The Morgan fingerprint density at radius 2 is 1.62 bits per heavy atom. The highest BCUT2D eigenvalue weighted by Gasteiger charge is 2.35. The predicted octanol–water partition coefficient (Wildman–Crippen LogP) is 4.02. The van der Waals surface area contributed by atoms with Crippen LogP contribution in [0.4, 0.5) is 5.69 Å². The van der Waals surface area contributed by atoms with E-state index in [1.54, 1.807) is 28.5 Å². The summed E-state index contributed by atoms with van der Waals surface area (Å²) in [6, 6.07) is 25.7. The Bertz CT molecular complexity index is 1510. The fourth-order valence-corrected chi connectivity index (χ4v) is 4.47. The van der Waals surface area contributed by atoms with Crippen LogP contribution in [0.5, 0.6) is 5.75 Å². The summed E-state index contributed by atoms with van der Waals surface area (Å²) in [6.07, 6.45) is -0.502. The van der Waals surface area contributed by atoms with Gasteiger partial charge in [-0.05, 0) is 37.3 Å². The molecule has 0 aliphatic carbocycles. The second-order valence-corrected chi connectivity index (χ2v) is 8.16. The number of benzene rings is 3. The van der Waals surface area contributed by atoms with Gasteiger partial charge >= 0.3 is 0 Å². The van der Waals surface area contributed by atoms with Crippen molar-refractivity contribution in [3.8, 4) is 23.6 Å². The Kier molecular flexibility index (Phi) is 5.25. The molecule has 166 valence electrons. The van der Waals surface area contributed by atoms with Crippen LogP contribution in [0.25, 0.3) is 16.6 Å². The van der Waals surface area contributed by atoms with E-state index in [-0.39, 0.29) is 12.5 Å². The maximum atomic E-state index is 13.4. The lowest BCUT2D eigenvalue weighted by molar-refractivity contribution is -0.121. The molecule has 0 fully saturated rings. The maximum Gasteiger partial charge on any atom is 0.248 e. The van der Waals surface area contributed by atoms with Crippen molar-refractivity contribution in [2.75, 3.05) is 4.90 Å². The molecule has 7 heteroatoms. The van der Waals surface area contributed by atoms with Gasteiger partial charge in [-0.3, -0.25) is 9.36 Å². The third-order valence-electron chi connectivity index (χ3n) is 6.19. The molecule has 3 aromatic carbocycles. The van der Waals surface area contributed by atoms with E-state index in [0.29, 0.717) is 33.9 Å². The largest absolute Gasteiger partial charge is 0.486 e. The van der Waals surface area contributed by atoms with E-state index in [1.807, 2.05) is 60.7 Å². The van der Waals surface area contributed by atoms with Crippen LogP contribution in [0, 0.1) is 22.7 Å². The number of nitriles is 2. The van der Waals surface area contributed by atoms with Gasteiger partial charge in [-0.1, -0.05) is 42.5 Å². The number of ether oxygens (including phenoxy) is 1. The minimum absolute atomic E-state index is 0.130. The minimum atomic E-state index is -0.856. The summed E-state index contributed by atoms with van der Waals surface area (Å²) in [7, 11) is 0.